The molecule has 0 aromatic carbocycles. The highest BCUT2D eigenvalue weighted by molar-refractivity contribution is 9.10. The zero-order chi connectivity index (χ0) is 10.8. The second-order valence-corrected chi connectivity index (χ2v) is 5.20. The summed E-state index contributed by atoms with van der Waals surface area (Å²) in [4.78, 5) is 1.32. The zero-order valence-corrected chi connectivity index (χ0v) is 11.0. The third-order valence-electron chi connectivity index (χ3n) is 2.38. The first-order valence-electron chi connectivity index (χ1n) is 4.69. The number of hydrogen-bond acceptors (Lipinski definition) is 3. The summed E-state index contributed by atoms with van der Waals surface area (Å²) >= 11 is 5.08. The van der Waals surface area contributed by atoms with E-state index in [-0.39, 0.29) is 6.04 Å². The van der Waals surface area contributed by atoms with E-state index in [0.717, 1.165) is 10.4 Å². The fourth-order valence-electron chi connectivity index (χ4n) is 1.63. The molecule has 0 aliphatic carbocycles. The van der Waals surface area contributed by atoms with Crippen molar-refractivity contribution in [1.82, 2.24) is 5.32 Å². The van der Waals surface area contributed by atoms with E-state index in [4.69, 9.17) is 4.42 Å². The van der Waals surface area contributed by atoms with Crippen LogP contribution in [0.5, 0.6) is 0 Å². The van der Waals surface area contributed by atoms with Gasteiger partial charge in [0.05, 0.1) is 6.04 Å². The van der Waals surface area contributed by atoms with Gasteiger partial charge in [-0.15, -0.1) is 11.3 Å². The van der Waals surface area contributed by atoms with Crippen LogP contribution in [0.3, 0.4) is 0 Å². The molecule has 4 heteroatoms. The molecule has 2 heterocycles. The molecule has 0 saturated heterocycles. The van der Waals surface area contributed by atoms with Crippen molar-refractivity contribution in [3.8, 4) is 0 Å². The maximum Gasteiger partial charge on any atom is 0.169 e. The Hall–Kier alpha value is -0.580. The van der Waals surface area contributed by atoms with Crippen molar-refractivity contribution < 1.29 is 4.42 Å². The second kappa shape index (κ2) is 4.51. The Kier molecular flexibility index (Phi) is 3.29. The Morgan fingerprint density at radius 1 is 1.40 bits per heavy atom. The lowest BCUT2D eigenvalue weighted by molar-refractivity contribution is 0.447. The molecule has 1 atom stereocenters. The highest BCUT2D eigenvalue weighted by atomic mass is 79.9. The summed E-state index contributed by atoms with van der Waals surface area (Å²) in [5.41, 5.74) is 1.28. The van der Waals surface area contributed by atoms with Crippen LogP contribution in [0.25, 0.3) is 0 Å². The monoisotopic (exact) mass is 285 g/mol. The maximum absolute atomic E-state index is 5.57. The van der Waals surface area contributed by atoms with Gasteiger partial charge >= 0.3 is 0 Å². The number of thiophene rings is 1. The molecular formula is C11H12BrNOS. The number of rotatable bonds is 3. The van der Waals surface area contributed by atoms with Crippen molar-refractivity contribution in [2.75, 3.05) is 7.05 Å². The van der Waals surface area contributed by atoms with Crippen LogP contribution in [0.2, 0.25) is 0 Å². The van der Waals surface area contributed by atoms with Gasteiger partial charge in [0.15, 0.2) is 4.67 Å². The topological polar surface area (TPSA) is 25.2 Å². The van der Waals surface area contributed by atoms with Gasteiger partial charge in [-0.2, -0.15) is 0 Å². The summed E-state index contributed by atoms with van der Waals surface area (Å²) in [6.45, 7) is 2.13. The summed E-state index contributed by atoms with van der Waals surface area (Å²) < 4.78 is 6.34. The Morgan fingerprint density at radius 3 is 2.67 bits per heavy atom. The SMILES string of the molecule is CNC(c1ccc(Br)o1)c1ccsc1C. The van der Waals surface area contributed by atoms with Crippen molar-refractivity contribution in [3.05, 3.63) is 44.4 Å². The van der Waals surface area contributed by atoms with E-state index in [9.17, 15) is 0 Å². The van der Waals surface area contributed by atoms with Gasteiger partial charge in [0.2, 0.25) is 0 Å². The lowest BCUT2D eigenvalue weighted by atomic mass is 10.1. The van der Waals surface area contributed by atoms with Crippen molar-refractivity contribution in [1.29, 1.82) is 0 Å². The molecule has 1 unspecified atom stereocenters. The number of furan rings is 1. The number of halogens is 1. The smallest absolute Gasteiger partial charge is 0.169 e. The minimum atomic E-state index is 0.141. The quantitative estimate of drug-likeness (QED) is 0.930. The van der Waals surface area contributed by atoms with Crippen LogP contribution in [0.1, 0.15) is 22.2 Å². The van der Waals surface area contributed by atoms with Crippen LogP contribution in [0, 0.1) is 6.92 Å². The first-order chi connectivity index (χ1) is 7.22. The Morgan fingerprint density at radius 2 is 2.20 bits per heavy atom. The average Bonchev–Trinajstić information content (AvgIpc) is 2.79. The third kappa shape index (κ3) is 2.17. The highest BCUT2D eigenvalue weighted by Gasteiger charge is 2.18. The summed E-state index contributed by atoms with van der Waals surface area (Å²) in [7, 11) is 1.94. The fraction of sp³-hybridized carbons (Fsp3) is 0.273. The first-order valence-corrected chi connectivity index (χ1v) is 6.36. The van der Waals surface area contributed by atoms with Crippen molar-refractivity contribution in [2.45, 2.75) is 13.0 Å². The summed E-state index contributed by atoms with van der Waals surface area (Å²) in [6, 6.07) is 6.18. The predicted octanol–water partition coefficient (Wildman–Crippen LogP) is 3.72. The molecule has 0 saturated carbocycles. The molecule has 0 radical (unpaired) electrons. The van der Waals surface area contributed by atoms with Gasteiger partial charge in [-0.25, -0.2) is 0 Å². The summed E-state index contributed by atoms with van der Waals surface area (Å²) in [5.74, 6) is 0.936. The molecule has 0 aliphatic rings. The molecule has 0 aliphatic heterocycles. The number of aryl methyl sites for hydroxylation is 1. The van der Waals surface area contributed by atoms with Crippen molar-refractivity contribution >= 4 is 27.3 Å². The van der Waals surface area contributed by atoms with Gasteiger partial charge < -0.3 is 9.73 Å². The normalized spacial score (nSPS) is 13.0. The highest BCUT2D eigenvalue weighted by Crippen LogP contribution is 2.29. The third-order valence-corrected chi connectivity index (χ3v) is 3.66. The van der Waals surface area contributed by atoms with E-state index >= 15 is 0 Å². The van der Waals surface area contributed by atoms with E-state index in [2.05, 4.69) is 39.6 Å². The molecule has 2 aromatic rings. The van der Waals surface area contributed by atoms with Crippen LogP contribution in [0.4, 0.5) is 0 Å². The Labute approximate surface area is 101 Å². The van der Waals surface area contributed by atoms with Crippen LogP contribution in [-0.2, 0) is 0 Å². The van der Waals surface area contributed by atoms with E-state index < -0.39 is 0 Å². The predicted molar refractivity (Wildman–Crippen MR) is 66.4 cm³/mol. The molecular weight excluding hydrogens is 274 g/mol. The summed E-state index contributed by atoms with van der Waals surface area (Å²) in [5, 5.41) is 5.37. The van der Waals surface area contributed by atoms with E-state index in [1.165, 1.54) is 10.4 Å². The molecule has 0 amide bonds. The molecule has 0 spiro atoms. The molecule has 80 valence electrons. The number of hydrogen-bond donors (Lipinski definition) is 1. The molecule has 0 bridgehead atoms. The zero-order valence-electron chi connectivity index (χ0n) is 8.58. The van der Waals surface area contributed by atoms with Crippen molar-refractivity contribution in [2.24, 2.45) is 0 Å². The Balaban J connectivity index is 2.36. The van der Waals surface area contributed by atoms with Gasteiger partial charge in [0.1, 0.15) is 5.76 Å². The van der Waals surface area contributed by atoms with E-state index in [0.29, 0.717) is 0 Å². The second-order valence-electron chi connectivity index (χ2n) is 3.30. The standard InChI is InChI=1S/C11H12BrNOS/c1-7-8(5-6-15-7)11(13-2)9-3-4-10(12)14-9/h3-6,11,13H,1-2H3. The fourth-order valence-corrected chi connectivity index (χ4v) is 2.69. The van der Waals surface area contributed by atoms with Crippen LogP contribution in [-0.4, -0.2) is 7.05 Å². The molecule has 15 heavy (non-hydrogen) atoms. The molecule has 0 fully saturated rings. The van der Waals surface area contributed by atoms with Crippen LogP contribution >= 0.6 is 27.3 Å². The molecule has 2 rings (SSSR count). The lowest BCUT2D eigenvalue weighted by Gasteiger charge is -2.13. The molecule has 1 N–H and O–H groups in total. The number of nitrogens with one attached hydrogen (secondary N) is 1. The average molecular weight is 286 g/mol. The molecule has 2 aromatic heterocycles. The van der Waals surface area contributed by atoms with Crippen LogP contribution in [0.15, 0.2) is 32.7 Å². The van der Waals surface area contributed by atoms with E-state index in [1.54, 1.807) is 11.3 Å². The van der Waals surface area contributed by atoms with Gasteiger partial charge in [-0.05, 0) is 59.0 Å². The van der Waals surface area contributed by atoms with E-state index in [1.807, 2.05) is 19.2 Å². The lowest BCUT2D eigenvalue weighted by Crippen LogP contribution is -2.17. The largest absolute Gasteiger partial charge is 0.452 e. The van der Waals surface area contributed by atoms with Gasteiger partial charge in [0, 0.05) is 4.88 Å². The van der Waals surface area contributed by atoms with Gasteiger partial charge in [-0.1, -0.05) is 0 Å². The summed E-state index contributed by atoms with van der Waals surface area (Å²) in [6.07, 6.45) is 0. The minimum absolute atomic E-state index is 0.141. The van der Waals surface area contributed by atoms with Gasteiger partial charge in [-0.3, -0.25) is 0 Å². The maximum atomic E-state index is 5.57. The van der Waals surface area contributed by atoms with Gasteiger partial charge in [0.25, 0.3) is 0 Å². The molecule has 2 nitrogen and oxygen atoms in total. The first kappa shape index (κ1) is 10.9. The van der Waals surface area contributed by atoms with Crippen LogP contribution < -0.4 is 5.32 Å². The van der Waals surface area contributed by atoms with Crippen molar-refractivity contribution in [3.63, 3.8) is 0 Å². The Bertz CT molecular complexity index is 449. The minimum Gasteiger partial charge on any atom is -0.452 e.